The van der Waals surface area contributed by atoms with E-state index in [0.29, 0.717) is 33.4 Å². The first kappa shape index (κ1) is 14.9. The Morgan fingerprint density at radius 2 is 1.76 bits per heavy atom. The first-order chi connectivity index (χ1) is 12.0. The molecule has 4 rings (SSSR count). The quantitative estimate of drug-likeness (QED) is 0.337. The Bertz CT molecular complexity index is 1160. The summed E-state index contributed by atoms with van der Waals surface area (Å²) in [5.41, 5.74) is 1.66. The van der Waals surface area contributed by atoms with Gasteiger partial charge in [-0.25, -0.2) is 0 Å². The summed E-state index contributed by atoms with van der Waals surface area (Å²) < 4.78 is 5.74. The normalized spacial score (nSPS) is 11.0. The van der Waals surface area contributed by atoms with Gasteiger partial charge in [0.05, 0.1) is 10.5 Å². The van der Waals surface area contributed by atoms with E-state index in [1.807, 2.05) is 0 Å². The zero-order valence-electron chi connectivity index (χ0n) is 12.8. The van der Waals surface area contributed by atoms with Gasteiger partial charge in [-0.2, -0.15) is 0 Å². The van der Waals surface area contributed by atoms with Gasteiger partial charge in [-0.3, -0.25) is 14.9 Å². The maximum Gasteiger partial charge on any atom is 0.277 e. The number of phenols is 1. The molecule has 0 saturated carbocycles. The van der Waals surface area contributed by atoms with Gasteiger partial charge in [-0.1, -0.05) is 12.1 Å². The maximum absolute atomic E-state index is 11.7. The third kappa shape index (κ3) is 2.40. The van der Waals surface area contributed by atoms with Crippen molar-refractivity contribution in [2.45, 2.75) is 0 Å². The van der Waals surface area contributed by atoms with E-state index in [4.69, 9.17) is 4.42 Å². The molecule has 1 aliphatic carbocycles. The molecule has 2 aromatic carbocycles. The fourth-order valence-corrected chi connectivity index (χ4v) is 2.99. The molecule has 0 aromatic heterocycles. The van der Waals surface area contributed by atoms with Crippen molar-refractivity contribution in [3.8, 4) is 28.2 Å². The molecule has 0 saturated heterocycles. The van der Waals surface area contributed by atoms with Gasteiger partial charge in [0.2, 0.25) is 0 Å². The highest BCUT2D eigenvalue weighted by atomic mass is 16.6. The van der Waals surface area contributed by atoms with Gasteiger partial charge in [0.25, 0.3) is 5.69 Å². The zero-order valence-corrected chi connectivity index (χ0v) is 12.8. The summed E-state index contributed by atoms with van der Waals surface area (Å²) in [6, 6.07) is 15.3. The van der Waals surface area contributed by atoms with E-state index in [1.165, 1.54) is 30.3 Å². The second kappa shape index (κ2) is 5.45. The van der Waals surface area contributed by atoms with Gasteiger partial charge in [0.15, 0.2) is 5.43 Å². The first-order valence-corrected chi connectivity index (χ1v) is 7.48. The van der Waals surface area contributed by atoms with Crippen LogP contribution in [0.15, 0.2) is 69.9 Å². The first-order valence-electron chi connectivity index (χ1n) is 7.48. The molecule has 25 heavy (non-hydrogen) atoms. The Morgan fingerprint density at radius 3 is 2.56 bits per heavy atom. The number of nitro groups is 1. The molecular formula is C19H11NO5. The van der Waals surface area contributed by atoms with Crippen LogP contribution in [0.5, 0.6) is 5.75 Å². The van der Waals surface area contributed by atoms with Crippen molar-refractivity contribution in [1.82, 2.24) is 0 Å². The highest BCUT2D eigenvalue weighted by Crippen LogP contribution is 2.43. The molecule has 2 aliphatic rings. The molecule has 0 fully saturated rings. The van der Waals surface area contributed by atoms with Crippen LogP contribution in [-0.2, 0) is 0 Å². The Hall–Kier alpha value is -3.67. The standard InChI is InChI=1S/C19H11NO5/c21-11-5-7-14-17(9-11)25-18-10-12(22)6-8-15(18)19(14)13-3-1-2-4-16(13)20(23)24/h1-10,21H. The number of aromatic hydroxyl groups is 1. The van der Waals surface area contributed by atoms with E-state index in [9.17, 15) is 20.0 Å². The van der Waals surface area contributed by atoms with E-state index < -0.39 is 4.92 Å². The largest absolute Gasteiger partial charge is 0.508 e. The van der Waals surface area contributed by atoms with Crippen LogP contribution < -0.4 is 5.43 Å². The molecular weight excluding hydrogens is 322 g/mol. The topological polar surface area (TPSA) is 93.6 Å². The lowest BCUT2D eigenvalue weighted by molar-refractivity contribution is -0.384. The molecule has 1 N–H and O–H groups in total. The van der Waals surface area contributed by atoms with Crippen LogP contribution in [-0.4, -0.2) is 10.0 Å². The van der Waals surface area contributed by atoms with E-state index in [-0.39, 0.29) is 16.9 Å². The van der Waals surface area contributed by atoms with Crippen LogP contribution in [0.4, 0.5) is 5.69 Å². The summed E-state index contributed by atoms with van der Waals surface area (Å²) in [5, 5.41) is 21.8. The SMILES string of the molecule is O=c1ccc2c(-c3ccccc3[N+](=O)[O-])c3ccc(O)cc3oc-2c1. The molecule has 6 heteroatoms. The second-order valence-electron chi connectivity index (χ2n) is 5.59. The smallest absolute Gasteiger partial charge is 0.277 e. The molecule has 0 atom stereocenters. The summed E-state index contributed by atoms with van der Waals surface area (Å²) in [5.74, 6) is 0.307. The summed E-state index contributed by atoms with van der Waals surface area (Å²) >= 11 is 0. The van der Waals surface area contributed by atoms with Crippen LogP contribution in [0.3, 0.4) is 0 Å². The second-order valence-corrected chi connectivity index (χ2v) is 5.59. The fraction of sp³-hybridized carbons (Fsp3) is 0. The van der Waals surface area contributed by atoms with Gasteiger partial charge in [-0.15, -0.1) is 0 Å². The van der Waals surface area contributed by atoms with Crippen LogP contribution >= 0.6 is 0 Å². The maximum atomic E-state index is 11.7. The lowest BCUT2D eigenvalue weighted by Crippen LogP contribution is -2.00. The summed E-state index contributed by atoms with van der Waals surface area (Å²) in [7, 11) is 0. The van der Waals surface area contributed by atoms with Crippen LogP contribution in [0.25, 0.3) is 33.4 Å². The monoisotopic (exact) mass is 333 g/mol. The summed E-state index contributed by atoms with van der Waals surface area (Å²) in [6.45, 7) is 0. The number of hydrogen-bond donors (Lipinski definition) is 1. The number of fused-ring (bicyclic) bond motifs is 2. The number of phenolic OH excluding ortho intramolecular Hbond substituents is 1. The number of nitro benzene ring substituents is 1. The molecule has 1 heterocycles. The van der Waals surface area contributed by atoms with Crippen LogP contribution in [0.2, 0.25) is 0 Å². The molecule has 0 radical (unpaired) electrons. The molecule has 0 bridgehead atoms. The molecule has 0 unspecified atom stereocenters. The summed E-state index contributed by atoms with van der Waals surface area (Å²) in [6.07, 6.45) is 0. The van der Waals surface area contributed by atoms with Crippen LogP contribution in [0, 0.1) is 10.1 Å². The highest BCUT2D eigenvalue weighted by molar-refractivity contribution is 6.03. The molecule has 122 valence electrons. The molecule has 1 aliphatic heterocycles. The minimum atomic E-state index is -0.445. The van der Waals surface area contributed by atoms with Crippen molar-refractivity contribution in [3.63, 3.8) is 0 Å². The average molecular weight is 333 g/mol. The molecule has 0 amide bonds. The lowest BCUT2D eigenvalue weighted by Gasteiger charge is -2.15. The highest BCUT2D eigenvalue weighted by Gasteiger charge is 2.23. The van der Waals surface area contributed by atoms with E-state index in [0.717, 1.165) is 0 Å². The third-order valence-corrected chi connectivity index (χ3v) is 4.05. The predicted molar refractivity (Wildman–Crippen MR) is 92.9 cm³/mol. The van der Waals surface area contributed by atoms with Crippen molar-refractivity contribution in [1.29, 1.82) is 0 Å². The minimum Gasteiger partial charge on any atom is -0.508 e. The van der Waals surface area contributed by atoms with E-state index >= 15 is 0 Å². The van der Waals surface area contributed by atoms with Gasteiger partial charge < -0.3 is 9.52 Å². The number of benzene rings is 3. The van der Waals surface area contributed by atoms with Gasteiger partial charge in [-0.05, 0) is 30.3 Å². The molecule has 2 aromatic rings. The average Bonchev–Trinajstić information content (AvgIpc) is 2.59. The number of hydrogen-bond acceptors (Lipinski definition) is 5. The Morgan fingerprint density at radius 1 is 0.960 bits per heavy atom. The van der Waals surface area contributed by atoms with Crippen molar-refractivity contribution in [3.05, 3.63) is 81.0 Å². The van der Waals surface area contributed by atoms with Crippen molar-refractivity contribution >= 4 is 16.7 Å². The van der Waals surface area contributed by atoms with E-state index in [2.05, 4.69) is 0 Å². The van der Waals surface area contributed by atoms with Crippen molar-refractivity contribution < 1.29 is 14.4 Å². The molecule has 0 spiro atoms. The Balaban J connectivity index is 2.22. The zero-order chi connectivity index (χ0) is 17.6. The fourth-order valence-electron chi connectivity index (χ4n) is 2.99. The predicted octanol–water partition coefficient (Wildman–Crippen LogP) is 4.18. The van der Waals surface area contributed by atoms with E-state index in [1.54, 1.807) is 30.3 Å². The van der Waals surface area contributed by atoms with Crippen molar-refractivity contribution in [2.24, 2.45) is 0 Å². The Kier molecular flexibility index (Phi) is 3.25. The minimum absolute atomic E-state index is 0.00221. The van der Waals surface area contributed by atoms with Gasteiger partial charge in [0, 0.05) is 34.7 Å². The Labute approximate surface area is 141 Å². The molecule has 6 nitrogen and oxygen atoms in total. The lowest BCUT2D eigenvalue weighted by atomic mass is 9.93. The number of rotatable bonds is 2. The van der Waals surface area contributed by atoms with Crippen LogP contribution in [0.1, 0.15) is 0 Å². The van der Waals surface area contributed by atoms with Gasteiger partial charge in [0.1, 0.15) is 17.1 Å². The summed E-state index contributed by atoms with van der Waals surface area (Å²) in [4.78, 5) is 22.7. The van der Waals surface area contributed by atoms with Crippen molar-refractivity contribution in [2.75, 3.05) is 0 Å². The number of nitrogens with zero attached hydrogens (tertiary/aromatic N) is 1. The third-order valence-electron chi connectivity index (χ3n) is 4.05. The number of para-hydroxylation sites is 1. The van der Waals surface area contributed by atoms with Gasteiger partial charge >= 0.3 is 0 Å².